The number of hydrogen-bond acceptors (Lipinski definition) is 6. The van der Waals surface area contributed by atoms with Gasteiger partial charge in [0, 0.05) is 12.6 Å². The number of nitrogens with two attached hydrogens (primary N) is 1. The fourth-order valence-corrected chi connectivity index (χ4v) is 1.23. The van der Waals surface area contributed by atoms with Crippen LogP contribution in [0.25, 0.3) is 0 Å². The number of rotatable bonds is 5. The third-order valence-corrected chi connectivity index (χ3v) is 2.05. The molecule has 3 N–H and O–H groups in total. The predicted octanol–water partition coefficient (Wildman–Crippen LogP) is -0.845. The molecule has 0 bridgehead atoms. The van der Waals surface area contributed by atoms with E-state index in [1.54, 1.807) is 12.3 Å². The third-order valence-electron chi connectivity index (χ3n) is 2.05. The molecule has 0 saturated heterocycles. The summed E-state index contributed by atoms with van der Waals surface area (Å²) in [6.07, 6.45) is 2.99. The molecular weight excluding hydrogens is 224 g/mol. The van der Waals surface area contributed by atoms with E-state index >= 15 is 0 Å². The van der Waals surface area contributed by atoms with E-state index in [0.29, 0.717) is 25.3 Å². The van der Waals surface area contributed by atoms with Gasteiger partial charge in [-0.3, -0.25) is 9.48 Å². The molecule has 8 heteroatoms. The van der Waals surface area contributed by atoms with E-state index in [-0.39, 0.29) is 11.6 Å². The van der Waals surface area contributed by atoms with Gasteiger partial charge in [0.15, 0.2) is 5.69 Å². The van der Waals surface area contributed by atoms with Gasteiger partial charge in [0.05, 0.1) is 19.3 Å². The highest BCUT2D eigenvalue weighted by Gasteiger charge is 2.10. The molecule has 0 radical (unpaired) electrons. The highest BCUT2D eigenvalue weighted by atomic mass is 16.5. The van der Waals surface area contributed by atoms with Crippen LogP contribution in [0.4, 0.5) is 0 Å². The van der Waals surface area contributed by atoms with Crippen molar-refractivity contribution in [3.05, 3.63) is 29.9 Å². The van der Waals surface area contributed by atoms with Gasteiger partial charge in [-0.25, -0.2) is 0 Å². The summed E-state index contributed by atoms with van der Waals surface area (Å²) in [4.78, 5) is 11.6. The summed E-state index contributed by atoms with van der Waals surface area (Å²) < 4.78 is 6.16. The van der Waals surface area contributed by atoms with Crippen LogP contribution in [-0.2, 0) is 13.1 Å². The fraction of sp³-hybridized carbons (Fsp3) is 0.333. The van der Waals surface area contributed by atoms with E-state index in [2.05, 4.69) is 25.3 Å². The lowest BCUT2D eigenvalue weighted by molar-refractivity contribution is 0.0945. The SMILES string of the molecule is NCCn1cc(C(=O)NCc2ccon2)nn1. The number of hydrogen-bond donors (Lipinski definition) is 2. The molecule has 17 heavy (non-hydrogen) atoms. The summed E-state index contributed by atoms with van der Waals surface area (Å²) >= 11 is 0. The normalized spacial score (nSPS) is 10.4. The number of carbonyl (C=O) groups is 1. The zero-order valence-corrected chi connectivity index (χ0v) is 9.04. The van der Waals surface area contributed by atoms with Crippen molar-refractivity contribution < 1.29 is 9.32 Å². The van der Waals surface area contributed by atoms with Crippen LogP contribution in [0.1, 0.15) is 16.2 Å². The molecule has 2 aromatic rings. The number of nitrogens with one attached hydrogen (secondary N) is 1. The Hall–Kier alpha value is -2.22. The molecule has 0 fully saturated rings. The maximum absolute atomic E-state index is 11.6. The Labute approximate surface area is 96.8 Å². The van der Waals surface area contributed by atoms with E-state index in [0.717, 1.165) is 0 Å². The molecule has 0 unspecified atom stereocenters. The second-order valence-corrected chi connectivity index (χ2v) is 3.33. The minimum absolute atomic E-state index is 0.252. The van der Waals surface area contributed by atoms with Gasteiger partial charge < -0.3 is 15.6 Å². The minimum atomic E-state index is -0.309. The second kappa shape index (κ2) is 5.21. The molecule has 0 aromatic carbocycles. The van der Waals surface area contributed by atoms with Crippen LogP contribution in [-0.4, -0.2) is 32.6 Å². The summed E-state index contributed by atoms with van der Waals surface area (Å²) in [5.41, 5.74) is 6.26. The van der Waals surface area contributed by atoms with Gasteiger partial charge in [-0.2, -0.15) is 0 Å². The van der Waals surface area contributed by atoms with Crippen molar-refractivity contribution >= 4 is 5.91 Å². The molecule has 8 nitrogen and oxygen atoms in total. The summed E-state index contributed by atoms with van der Waals surface area (Å²) in [6.45, 7) is 1.27. The predicted molar refractivity (Wildman–Crippen MR) is 56.7 cm³/mol. The summed E-state index contributed by atoms with van der Waals surface area (Å²) in [6, 6.07) is 1.67. The third kappa shape index (κ3) is 2.88. The molecule has 0 aliphatic heterocycles. The standard InChI is InChI=1S/C9H12N6O2/c10-2-3-15-6-8(12-14-15)9(16)11-5-7-1-4-17-13-7/h1,4,6H,2-3,5,10H2,(H,11,16). The summed E-state index contributed by atoms with van der Waals surface area (Å²) in [5.74, 6) is -0.309. The first-order chi connectivity index (χ1) is 8.29. The first kappa shape index (κ1) is 11.3. The highest BCUT2D eigenvalue weighted by molar-refractivity contribution is 5.91. The molecule has 0 atom stereocenters. The van der Waals surface area contributed by atoms with E-state index in [1.807, 2.05) is 0 Å². The van der Waals surface area contributed by atoms with Gasteiger partial charge in [0.2, 0.25) is 0 Å². The van der Waals surface area contributed by atoms with E-state index in [1.165, 1.54) is 10.9 Å². The smallest absolute Gasteiger partial charge is 0.273 e. The van der Waals surface area contributed by atoms with Crippen LogP contribution in [0.3, 0.4) is 0 Å². The fourth-order valence-electron chi connectivity index (χ4n) is 1.23. The lowest BCUT2D eigenvalue weighted by Gasteiger charge is -1.98. The van der Waals surface area contributed by atoms with Crippen molar-refractivity contribution in [3.63, 3.8) is 0 Å². The number of amides is 1. The van der Waals surface area contributed by atoms with Gasteiger partial charge in [0.25, 0.3) is 5.91 Å². The van der Waals surface area contributed by atoms with E-state index < -0.39 is 0 Å². The molecule has 2 aromatic heterocycles. The van der Waals surface area contributed by atoms with Crippen LogP contribution < -0.4 is 11.1 Å². The maximum Gasteiger partial charge on any atom is 0.273 e. The monoisotopic (exact) mass is 236 g/mol. The summed E-state index contributed by atoms with van der Waals surface area (Å²) in [5, 5.41) is 13.8. The van der Waals surface area contributed by atoms with Crippen molar-refractivity contribution in [2.45, 2.75) is 13.1 Å². The van der Waals surface area contributed by atoms with Crippen molar-refractivity contribution in [2.75, 3.05) is 6.54 Å². The molecular formula is C9H12N6O2. The molecule has 90 valence electrons. The van der Waals surface area contributed by atoms with Crippen molar-refractivity contribution in [3.8, 4) is 0 Å². The van der Waals surface area contributed by atoms with Crippen molar-refractivity contribution in [1.29, 1.82) is 0 Å². The Bertz CT molecular complexity index is 477. The quantitative estimate of drug-likeness (QED) is 0.699. The first-order valence-electron chi connectivity index (χ1n) is 5.07. The largest absolute Gasteiger partial charge is 0.364 e. The van der Waals surface area contributed by atoms with Gasteiger partial charge in [-0.1, -0.05) is 10.4 Å². The zero-order valence-electron chi connectivity index (χ0n) is 9.04. The highest BCUT2D eigenvalue weighted by Crippen LogP contribution is 1.96. The molecule has 0 spiro atoms. The maximum atomic E-state index is 11.6. The van der Waals surface area contributed by atoms with Crippen molar-refractivity contribution in [2.24, 2.45) is 5.73 Å². The molecule has 0 aliphatic rings. The van der Waals surface area contributed by atoms with E-state index in [9.17, 15) is 4.79 Å². The Morgan fingerprint density at radius 2 is 2.47 bits per heavy atom. The topological polar surface area (TPSA) is 112 Å². The van der Waals surface area contributed by atoms with Gasteiger partial charge in [0.1, 0.15) is 12.0 Å². The number of nitrogens with zero attached hydrogens (tertiary/aromatic N) is 4. The Morgan fingerprint density at radius 1 is 1.59 bits per heavy atom. The lowest BCUT2D eigenvalue weighted by Crippen LogP contribution is -2.23. The Morgan fingerprint density at radius 3 is 3.18 bits per heavy atom. The van der Waals surface area contributed by atoms with Crippen LogP contribution >= 0.6 is 0 Å². The number of carbonyl (C=O) groups excluding carboxylic acids is 1. The molecule has 2 heterocycles. The first-order valence-corrected chi connectivity index (χ1v) is 5.07. The molecule has 0 aliphatic carbocycles. The molecule has 1 amide bonds. The minimum Gasteiger partial charge on any atom is -0.364 e. The van der Waals surface area contributed by atoms with E-state index in [4.69, 9.17) is 5.73 Å². The van der Waals surface area contributed by atoms with Gasteiger partial charge in [-0.15, -0.1) is 5.10 Å². The Balaban J connectivity index is 1.90. The lowest BCUT2D eigenvalue weighted by atomic mass is 10.4. The Kier molecular flexibility index (Phi) is 3.46. The molecule has 2 rings (SSSR count). The average Bonchev–Trinajstić information content (AvgIpc) is 2.97. The van der Waals surface area contributed by atoms with Crippen LogP contribution in [0.2, 0.25) is 0 Å². The van der Waals surface area contributed by atoms with Crippen LogP contribution in [0.15, 0.2) is 23.0 Å². The summed E-state index contributed by atoms with van der Waals surface area (Å²) in [7, 11) is 0. The second-order valence-electron chi connectivity index (χ2n) is 3.33. The average molecular weight is 236 g/mol. The van der Waals surface area contributed by atoms with Gasteiger partial charge >= 0.3 is 0 Å². The van der Waals surface area contributed by atoms with Crippen LogP contribution in [0, 0.1) is 0 Å². The molecule has 0 saturated carbocycles. The number of aromatic nitrogens is 4. The van der Waals surface area contributed by atoms with Gasteiger partial charge in [-0.05, 0) is 0 Å². The van der Waals surface area contributed by atoms with Crippen molar-refractivity contribution in [1.82, 2.24) is 25.5 Å². The zero-order chi connectivity index (χ0) is 12.1. The van der Waals surface area contributed by atoms with Crippen LogP contribution in [0.5, 0.6) is 0 Å².